The minimum Gasteiger partial charge on any atom is -0.460 e. The third kappa shape index (κ3) is 23.4. The van der Waals surface area contributed by atoms with E-state index in [1.165, 1.54) is 77.0 Å². The van der Waals surface area contributed by atoms with Crippen molar-refractivity contribution in [2.24, 2.45) is 5.73 Å². The van der Waals surface area contributed by atoms with E-state index in [4.69, 9.17) is 10.8 Å². The van der Waals surface area contributed by atoms with Crippen LogP contribution in [0, 0.1) is 0 Å². The van der Waals surface area contributed by atoms with Crippen molar-refractivity contribution >= 4 is 5.97 Å². The Labute approximate surface area is 149 Å². The van der Waals surface area contributed by atoms with Crippen LogP contribution in [0.1, 0.15) is 90.9 Å². The fourth-order valence-corrected chi connectivity index (χ4v) is 2.25. The van der Waals surface area contributed by atoms with Crippen LogP contribution in [0.15, 0.2) is 12.2 Å². The number of hydrogen-bond acceptors (Lipinski definition) is 4. The van der Waals surface area contributed by atoms with Crippen molar-refractivity contribution in [1.29, 1.82) is 0 Å². The summed E-state index contributed by atoms with van der Waals surface area (Å²) < 4.78 is 4.46. The second-order valence-corrected chi connectivity index (χ2v) is 6.32. The Bertz CT molecular complexity index is 268. The largest absolute Gasteiger partial charge is 0.460 e. The lowest BCUT2D eigenvalue weighted by molar-refractivity contribution is -0.139. The van der Waals surface area contributed by atoms with Gasteiger partial charge in [0.15, 0.2) is 0 Å². The summed E-state index contributed by atoms with van der Waals surface area (Å²) in [6.45, 7) is 7.97. The van der Waals surface area contributed by atoms with Gasteiger partial charge in [-0.25, -0.2) is 4.79 Å². The normalized spacial score (nSPS) is 10.0. The number of carbonyl (C=O) groups is 1. The maximum atomic E-state index is 10.5. The number of aliphatic hydroxyl groups is 1. The van der Waals surface area contributed by atoms with Crippen molar-refractivity contribution < 1.29 is 14.6 Å². The number of carbonyl (C=O) groups excluding carboxylic acids is 1. The molecule has 0 unspecified atom stereocenters. The van der Waals surface area contributed by atoms with Crippen LogP contribution in [0.5, 0.6) is 0 Å². The van der Waals surface area contributed by atoms with Crippen molar-refractivity contribution in [3.8, 4) is 0 Å². The topological polar surface area (TPSA) is 72.5 Å². The zero-order valence-corrected chi connectivity index (χ0v) is 16.2. The molecule has 144 valence electrons. The highest BCUT2D eigenvalue weighted by molar-refractivity contribution is 5.86. The van der Waals surface area contributed by atoms with E-state index in [2.05, 4.69) is 18.2 Å². The van der Waals surface area contributed by atoms with Crippen LogP contribution < -0.4 is 5.73 Å². The molecule has 0 heterocycles. The number of nitrogens with two attached hydrogens (primary N) is 1. The molecule has 24 heavy (non-hydrogen) atoms. The van der Waals surface area contributed by atoms with E-state index in [1.807, 2.05) is 0 Å². The first-order valence-corrected chi connectivity index (χ1v) is 9.73. The van der Waals surface area contributed by atoms with Crippen molar-refractivity contribution in [3.63, 3.8) is 0 Å². The van der Waals surface area contributed by atoms with Gasteiger partial charge in [0, 0.05) is 5.57 Å². The summed E-state index contributed by atoms with van der Waals surface area (Å²) in [5.41, 5.74) is 5.80. The summed E-state index contributed by atoms with van der Waals surface area (Å²) >= 11 is 0. The molecule has 0 rings (SSSR count). The lowest BCUT2D eigenvalue weighted by Crippen LogP contribution is -2.08. The molecule has 0 aliphatic heterocycles. The zero-order chi connectivity index (χ0) is 18.5. The molecule has 0 saturated heterocycles. The average Bonchev–Trinajstić information content (AvgIpc) is 2.58. The SMILES string of the molecule is C=C(C)C(=O)OCCO.CCCCCCCCCCCCCCN. The van der Waals surface area contributed by atoms with E-state index in [1.54, 1.807) is 6.92 Å². The van der Waals surface area contributed by atoms with Gasteiger partial charge in [-0.1, -0.05) is 84.1 Å². The first-order valence-electron chi connectivity index (χ1n) is 9.73. The quantitative estimate of drug-likeness (QED) is 0.256. The van der Waals surface area contributed by atoms with Crippen LogP contribution >= 0.6 is 0 Å². The summed E-state index contributed by atoms with van der Waals surface area (Å²) in [6, 6.07) is 0. The molecule has 0 radical (unpaired) electrons. The summed E-state index contributed by atoms with van der Waals surface area (Å²) in [5.74, 6) is -0.455. The maximum absolute atomic E-state index is 10.5. The number of hydrogen-bond donors (Lipinski definition) is 2. The minimum atomic E-state index is -0.455. The molecule has 0 saturated carbocycles. The molecule has 0 aromatic heterocycles. The van der Waals surface area contributed by atoms with E-state index >= 15 is 0 Å². The Hall–Kier alpha value is -0.870. The lowest BCUT2D eigenvalue weighted by Gasteiger charge is -2.01. The van der Waals surface area contributed by atoms with Gasteiger partial charge in [-0.15, -0.1) is 0 Å². The van der Waals surface area contributed by atoms with Gasteiger partial charge < -0.3 is 15.6 Å². The number of unbranched alkanes of at least 4 members (excludes halogenated alkanes) is 11. The van der Waals surface area contributed by atoms with Crippen molar-refractivity contribution in [2.75, 3.05) is 19.8 Å². The van der Waals surface area contributed by atoms with Gasteiger partial charge in [0.2, 0.25) is 0 Å². The molecular weight excluding hydrogens is 302 g/mol. The Morgan fingerprint density at radius 1 is 0.917 bits per heavy atom. The molecule has 0 aromatic rings. The van der Waals surface area contributed by atoms with Gasteiger partial charge in [0.25, 0.3) is 0 Å². The second kappa shape index (κ2) is 22.1. The Balaban J connectivity index is 0. The first kappa shape index (κ1) is 25.4. The van der Waals surface area contributed by atoms with E-state index in [0.717, 1.165) is 6.54 Å². The molecule has 4 nitrogen and oxygen atoms in total. The summed E-state index contributed by atoms with van der Waals surface area (Å²) in [4.78, 5) is 10.5. The molecule has 0 atom stereocenters. The number of ether oxygens (including phenoxy) is 1. The Kier molecular flexibility index (Phi) is 23.4. The number of rotatable bonds is 15. The van der Waals surface area contributed by atoms with Gasteiger partial charge in [-0.3, -0.25) is 0 Å². The van der Waals surface area contributed by atoms with E-state index in [0.29, 0.717) is 5.57 Å². The molecule has 0 spiro atoms. The van der Waals surface area contributed by atoms with Gasteiger partial charge in [-0.05, 0) is 19.9 Å². The Morgan fingerprint density at radius 3 is 1.67 bits per heavy atom. The highest BCUT2D eigenvalue weighted by atomic mass is 16.5. The molecule has 0 bridgehead atoms. The van der Waals surface area contributed by atoms with Gasteiger partial charge in [-0.2, -0.15) is 0 Å². The van der Waals surface area contributed by atoms with E-state index in [-0.39, 0.29) is 13.2 Å². The third-order valence-corrected chi connectivity index (χ3v) is 3.73. The monoisotopic (exact) mass is 343 g/mol. The fourth-order valence-electron chi connectivity index (χ4n) is 2.25. The molecular formula is C20H41NO3. The minimum absolute atomic E-state index is 0.0473. The highest BCUT2D eigenvalue weighted by Gasteiger charge is 1.99. The first-order chi connectivity index (χ1) is 11.6. The summed E-state index contributed by atoms with van der Waals surface area (Å²) in [5, 5.41) is 8.19. The standard InChI is InChI=1S/C14H31N.C6H10O3/c1-2-3-4-5-6-7-8-9-10-11-12-13-14-15;1-5(2)6(8)9-4-3-7/h2-15H2,1H3;7H,1,3-4H2,2H3. The van der Waals surface area contributed by atoms with Crippen LogP contribution in [0.4, 0.5) is 0 Å². The Morgan fingerprint density at radius 2 is 1.33 bits per heavy atom. The van der Waals surface area contributed by atoms with Crippen molar-refractivity contribution in [2.45, 2.75) is 90.9 Å². The number of aliphatic hydroxyl groups excluding tert-OH is 1. The van der Waals surface area contributed by atoms with E-state index in [9.17, 15) is 4.79 Å². The molecule has 0 amide bonds. The zero-order valence-electron chi connectivity index (χ0n) is 16.2. The van der Waals surface area contributed by atoms with Crippen molar-refractivity contribution in [1.82, 2.24) is 0 Å². The van der Waals surface area contributed by atoms with E-state index < -0.39 is 5.97 Å². The molecule has 0 aromatic carbocycles. The molecule has 4 heteroatoms. The van der Waals surface area contributed by atoms with Gasteiger partial charge >= 0.3 is 5.97 Å². The highest BCUT2D eigenvalue weighted by Crippen LogP contribution is 2.11. The van der Waals surface area contributed by atoms with Crippen LogP contribution in [0.25, 0.3) is 0 Å². The lowest BCUT2D eigenvalue weighted by atomic mass is 10.1. The predicted molar refractivity (Wildman–Crippen MR) is 103 cm³/mol. The molecule has 0 fully saturated rings. The summed E-state index contributed by atoms with van der Waals surface area (Å²) in [6.07, 6.45) is 16.9. The summed E-state index contributed by atoms with van der Waals surface area (Å²) in [7, 11) is 0. The van der Waals surface area contributed by atoms with Crippen molar-refractivity contribution in [3.05, 3.63) is 12.2 Å². The fraction of sp³-hybridized carbons (Fsp3) is 0.850. The molecule has 0 aliphatic carbocycles. The maximum Gasteiger partial charge on any atom is 0.333 e. The van der Waals surface area contributed by atoms with Gasteiger partial charge in [0.05, 0.1) is 6.61 Å². The molecule has 3 N–H and O–H groups in total. The number of esters is 1. The molecule has 0 aliphatic rings. The van der Waals surface area contributed by atoms with Gasteiger partial charge in [0.1, 0.15) is 6.61 Å². The average molecular weight is 344 g/mol. The third-order valence-electron chi connectivity index (χ3n) is 3.73. The predicted octanol–water partition coefficient (Wildman–Crippen LogP) is 4.74. The van der Waals surface area contributed by atoms with Crippen LogP contribution in [-0.2, 0) is 9.53 Å². The smallest absolute Gasteiger partial charge is 0.333 e. The van der Waals surface area contributed by atoms with Crippen LogP contribution in [0.2, 0.25) is 0 Å². The van der Waals surface area contributed by atoms with Crippen LogP contribution in [-0.4, -0.2) is 30.8 Å². The second-order valence-electron chi connectivity index (χ2n) is 6.32. The van der Waals surface area contributed by atoms with Crippen LogP contribution in [0.3, 0.4) is 0 Å².